The van der Waals surface area contributed by atoms with E-state index in [1.807, 2.05) is 48.5 Å². The molecule has 0 aliphatic carbocycles. The summed E-state index contributed by atoms with van der Waals surface area (Å²) in [5.74, 6) is 2.20. The van der Waals surface area contributed by atoms with Crippen LogP contribution in [0.1, 0.15) is 11.1 Å². The molecular formula is C22H19BrN2O2. The molecule has 136 valence electrons. The van der Waals surface area contributed by atoms with Crippen LogP contribution in [-0.2, 0) is 6.61 Å². The summed E-state index contributed by atoms with van der Waals surface area (Å²) in [5.41, 5.74) is 5.23. The van der Waals surface area contributed by atoms with E-state index in [4.69, 9.17) is 9.47 Å². The first kappa shape index (κ1) is 17.6. The van der Waals surface area contributed by atoms with Crippen molar-refractivity contribution in [1.29, 1.82) is 0 Å². The van der Waals surface area contributed by atoms with Gasteiger partial charge in [-0.1, -0.05) is 34.1 Å². The Bertz CT molecular complexity index is 1090. The highest BCUT2D eigenvalue weighted by Gasteiger charge is 2.11. The number of nitrogens with zero attached hydrogens (tertiary/aromatic N) is 1. The average molecular weight is 423 g/mol. The molecule has 0 amide bonds. The highest BCUT2D eigenvalue weighted by atomic mass is 79.9. The number of aryl methyl sites for hydroxylation is 1. The Hall–Kier alpha value is -2.79. The van der Waals surface area contributed by atoms with Crippen molar-refractivity contribution in [3.05, 3.63) is 76.3 Å². The number of benzene rings is 3. The topological polar surface area (TPSA) is 47.1 Å². The number of hydrogen-bond acceptors (Lipinski definition) is 3. The van der Waals surface area contributed by atoms with Gasteiger partial charge in [-0.2, -0.15) is 0 Å². The third-order valence-electron chi connectivity index (χ3n) is 4.38. The van der Waals surface area contributed by atoms with Gasteiger partial charge in [-0.05, 0) is 60.5 Å². The summed E-state index contributed by atoms with van der Waals surface area (Å²) < 4.78 is 12.5. The molecule has 3 aromatic carbocycles. The maximum absolute atomic E-state index is 5.95. The van der Waals surface area contributed by atoms with Gasteiger partial charge in [-0.25, -0.2) is 4.98 Å². The zero-order valence-electron chi connectivity index (χ0n) is 15.1. The number of halogens is 1. The molecule has 0 radical (unpaired) electrons. The zero-order chi connectivity index (χ0) is 18.8. The minimum Gasteiger partial charge on any atom is -0.493 e. The predicted molar refractivity (Wildman–Crippen MR) is 111 cm³/mol. The molecule has 4 aromatic rings. The number of H-pyrrole nitrogens is 1. The predicted octanol–water partition coefficient (Wildman–Crippen LogP) is 5.89. The highest BCUT2D eigenvalue weighted by Crippen LogP contribution is 2.33. The van der Waals surface area contributed by atoms with E-state index in [0.717, 1.165) is 32.5 Å². The second-order valence-corrected chi connectivity index (χ2v) is 7.30. The molecule has 0 aliphatic heterocycles. The fourth-order valence-corrected chi connectivity index (χ4v) is 3.20. The quantitative estimate of drug-likeness (QED) is 0.436. The summed E-state index contributed by atoms with van der Waals surface area (Å²) in [5, 5.41) is 0. The van der Waals surface area contributed by atoms with Crippen LogP contribution in [0, 0.1) is 6.92 Å². The minimum absolute atomic E-state index is 0.479. The SMILES string of the molecule is COc1cc(-c2nc3ccc(C)cc3[nH]2)ccc1OCc1ccc(Br)cc1. The van der Waals surface area contributed by atoms with Crippen molar-refractivity contribution in [2.45, 2.75) is 13.5 Å². The van der Waals surface area contributed by atoms with E-state index >= 15 is 0 Å². The lowest BCUT2D eigenvalue weighted by atomic mass is 10.2. The Labute approximate surface area is 166 Å². The van der Waals surface area contributed by atoms with Gasteiger partial charge in [-0.3, -0.25) is 0 Å². The second kappa shape index (κ2) is 7.45. The van der Waals surface area contributed by atoms with Gasteiger partial charge in [0, 0.05) is 10.0 Å². The van der Waals surface area contributed by atoms with Crippen molar-refractivity contribution >= 4 is 27.0 Å². The smallest absolute Gasteiger partial charge is 0.161 e. The first-order chi connectivity index (χ1) is 13.1. The lowest BCUT2D eigenvalue weighted by molar-refractivity contribution is 0.284. The summed E-state index contributed by atoms with van der Waals surface area (Å²) in [6.45, 7) is 2.55. The fraction of sp³-hybridized carbons (Fsp3) is 0.136. The molecule has 1 N–H and O–H groups in total. The lowest BCUT2D eigenvalue weighted by Crippen LogP contribution is -1.98. The Morgan fingerprint density at radius 1 is 0.963 bits per heavy atom. The monoisotopic (exact) mass is 422 g/mol. The number of imidazole rings is 1. The van der Waals surface area contributed by atoms with E-state index in [9.17, 15) is 0 Å². The number of aromatic nitrogens is 2. The third-order valence-corrected chi connectivity index (χ3v) is 4.91. The number of methoxy groups -OCH3 is 1. The van der Waals surface area contributed by atoms with Crippen LogP contribution in [0.25, 0.3) is 22.4 Å². The summed E-state index contributed by atoms with van der Waals surface area (Å²) in [7, 11) is 1.65. The zero-order valence-corrected chi connectivity index (χ0v) is 16.7. The van der Waals surface area contributed by atoms with Gasteiger partial charge in [0.05, 0.1) is 18.1 Å². The van der Waals surface area contributed by atoms with Crippen molar-refractivity contribution < 1.29 is 9.47 Å². The Morgan fingerprint density at radius 3 is 2.56 bits per heavy atom. The molecule has 27 heavy (non-hydrogen) atoms. The van der Waals surface area contributed by atoms with Crippen molar-refractivity contribution in [3.8, 4) is 22.9 Å². The molecule has 0 saturated heterocycles. The first-order valence-corrected chi connectivity index (χ1v) is 9.44. The molecular weight excluding hydrogens is 404 g/mol. The number of fused-ring (bicyclic) bond motifs is 1. The van der Waals surface area contributed by atoms with Crippen LogP contribution in [0.5, 0.6) is 11.5 Å². The van der Waals surface area contributed by atoms with E-state index < -0.39 is 0 Å². The van der Waals surface area contributed by atoms with Crippen molar-refractivity contribution in [3.63, 3.8) is 0 Å². The molecule has 0 bridgehead atoms. The summed E-state index contributed by atoms with van der Waals surface area (Å²) in [4.78, 5) is 8.05. The molecule has 0 spiro atoms. The minimum atomic E-state index is 0.479. The van der Waals surface area contributed by atoms with Gasteiger partial charge >= 0.3 is 0 Å². The number of hydrogen-bond donors (Lipinski definition) is 1. The number of aromatic amines is 1. The standard InChI is InChI=1S/C22H19BrN2O2/c1-14-3-9-18-19(11-14)25-22(24-18)16-6-10-20(21(12-16)26-2)27-13-15-4-7-17(23)8-5-15/h3-12H,13H2,1-2H3,(H,24,25). The highest BCUT2D eigenvalue weighted by molar-refractivity contribution is 9.10. The fourth-order valence-electron chi connectivity index (χ4n) is 2.94. The van der Waals surface area contributed by atoms with Gasteiger partial charge in [0.15, 0.2) is 11.5 Å². The Kier molecular flexibility index (Phi) is 4.86. The third kappa shape index (κ3) is 3.83. The van der Waals surface area contributed by atoms with Crippen molar-refractivity contribution in [2.24, 2.45) is 0 Å². The molecule has 1 heterocycles. The largest absolute Gasteiger partial charge is 0.493 e. The Balaban J connectivity index is 1.59. The first-order valence-electron chi connectivity index (χ1n) is 8.64. The summed E-state index contributed by atoms with van der Waals surface area (Å²) in [6.07, 6.45) is 0. The van der Waals surface area contributed by atoms with Gasteiger partial charge < -0.3 is 14.5 Å². The van der Waals surface area contributed by atoms with Crippen LogP contribution >= 0.6 is 15.9 Å². The van der Waals surface area contributed by atoms with Crippen LogP contribution in [-0.4, -0.2) is 17.1 Å². The van der Waals surface area contributed by atoms with E-state index in [1.165, 1.54) is 5.56 Å². The average Bonchev–Trinajstić information content (AvgIpc) is 3.10. The second-order valence-electron chi connectivity index (χ2n) is 6.39. The van der Waals surface area contributed by atoms with Crippen molar-refractivity contribution in [2.75, 3.05) is 7.11 Å². The Morgan fingerprint density at radius 2 is 1.78 bits per heavy atom. The molecule has 0 fully saturated rings. The van der Waals surface area contributed by atoms with Crippen LogP contribution in [0.3, 0.4) is 0 Å². The van der Waals surface area contributed by atoms with E-state index in [-0.39, 0.29) is 0 Å². The number of ether oxygens (including phenoxy) is 2. The van der Waals surface area contributed by atoms with Crippen molar-refractivity contribution in [1.82, 2.24) is 9.97 Å². The summed E-state index contributed by atoms with van der Waals surface area (Å²) >= 11 is 3.44. The molecule has 4 rings (SSSR count). The number of nitrogens with one attached hydrogen (secondary N) is 1. The molecule has 4 nitrogen and oxygen atoms in total. The maximum Gasteiger partial charge on any atom is 0.161 e. The van der Waals surface area contributed by atoms with Gasteiger partial charge in [0.25, 0.3) is 0 Å². The molecule has 0 aliphatic rings. The van der Waals surface area contributed by atoms with E-state index in [1.54, 1.807) is 7.11 Å². The van der Waals surface area contributed by atoms with E-state index in [2.05, 4.69) is 45.0 Å². The van der Waals surface area contributed by atoms with Crippen LogP contribution in [0.15, 0.2) is 65.1 Å². The number of rotatable bonds is 5. The molecule has 5 heteroatoms. The molecule has 0 atom stereocenters. The molecule has 1 aromatic heterocycles. The summed E-state index contributed by atoms with van der Waals surface area (Å²) in [6, 6.07) is 20.1. The van der Waals surface area contributed by atoms with Gasteiger partial charge in [-0.15, -0.1) is 0 Å². The van der Waals surface area contributed by atoms with Gasteiger partial charge in [0.2, 0.25) is 0 Å². The lowest BCUT2D eigenvalue weighted by Gasteiger charge is -2.12. The normalized spacial score (nSPS) is 10.9. The van der Waals surface area contributed by atoms with Gasteiger partial charge in [0.1, 0.15) is 12.4 Å². The van der Waals surface area contributed by atoms with E-state index in [0.29, 0.717) is 18.1 Å². The molecule has 0 unspecified atom stereocenters. The molecule has 0 saturated carbocycles. The maximum atomic E-state index is 5.95. The van der Waals surface area contributed by atoms with Crippen LogP contribution in [0.4, 0.5) is 0 Å². The van der Waals surface area contributed by atoms with Crippen LogP contribution in [0.2, 0.25) is 0 Å². The van der Waals surface area contributed by atoms with Crippen LogP contribution < -0.4 is 9.47 Å².